The Kier molecular flexibility index (Phi) is 4.13. The van der Waals surface area contributed by atoms with Gasteiger partial charge in [-0.05, 0) is 27.7 Å². The molecule has 0 aromatic carbocycles. The third kappa shape index (κ3) is 2.75. The second kappa shape index (κ2) is 6.37. The first kappa shape index (κ1) is 17.5. The van der Waals surface area contributed by atoms with Crippen molar-refractivity contribution in [3.63, 3.8) is 0 Å². The maximum absolute atomic E-state index is 13.2. The van der Waals surface area contributed by atoms with E-state index >= 15 is 0 Å². The van der Waals surface area contributed by atoms with Crippen LogP contribution >= 0.6 is 0 Å². The molecule has 0 fully saturated rings. The second-order valence-electron chi connectivity index (χ2n) is 7.01. The Morgan fingerprint density at radius 2 is 2.04 bits per heavy atom. The number of nitrogens with zero attached hydrogens (tertiary/aromatic N) is 6. The van der Waals surface area contributed by atoms with Crippen molar-refractivity contribution in [2.24, 2.45) is 7.05 Å². The zero-order valence-electron chi connectivity index (χ0n) is 16.4. The summed E-state index contributed by atoms with van der Waals surface area (Å²) in [6.45, 7) is 9.68. The third-order valence-corrected chi connectivity index (χ3v) is 5.27. The van der Waals surface area contributed by atoms with Gasteiger partial charge >= 0.3 is 0 Å². The second-order valence-corrected chi connectivity index (χ2v) is 7.01. The summed E-state index contributed by atoms with van der Waals surface area (Å²) in [5, 5.41) is 9.09. The van der Waals surface area contributed by atoms with Crippen LogP contribution < -0.4 is 0 Å². The summed E-state index contributed by atoms with van der Waals surface area (Å²) in [5.41, 5.74) is 5.26. The molecule has 0 N–H and O–H groups in total. The van der Waals surface area contributed by atoms with E-state index < -0.39 is 0 Å². The minimum Gasteiger partial charge on any atom is -0.440 e. The van der Waals surface area contributed by atoms with Crippen LogP contribution in [0.5, 0.6) is 0 Å². The zero-order valence-corrected chi connectivity index (χ0v) is 16.4. The standard InChI is InChI=1S/C19H24N6O2/c1-6-25-15-7-8-24(19(26)16-12(3)21-23(5)13(16)4)10-14(15)17(22-25)18-20-9-11(2)27-18/h9H,6-8,10H2,1-5H3. The number of hydrogen-bond acceptors (Lipinski definition) is 5. The summed E-state index contributed by atoms with van der Waals surface area (Å²) in [4.78, 5) is 19.4. The number of rotatable bonds is 3. The monoisotopic (exact) mass is 368 g/mol. The molecule has 27 heavy (non-hydrogen) atoms. The molecule has 8 nitrogen and oxygen atoms in total. The van der Waals surface area contributed by atoms with Gasteiger partial charge in [-0.25, -0.2) is 4.98 Å². The third-order valence-electron chi connectivity index (χ3n) is 5.27. The van der Waals surface area contributed by atoms with Crippen LogP contribution in [0.3, 0.4) is 0 Å². The highest BCUT2D eigenvalue weighted by Crippen LogP contribution is 2.31. The quantitative estimate of drug-likeness (QED) is 0.709. The molecular weight excluding hydrogens is 344 g/mol. The van der Waals surface area contributed by atoms with Gasteiger partial charge in [0.05, 0.1) is 24.0 Å². The lowest BCUT2D eigenvalue weighted by molar-refractivity contribution is 0.0732. The molecule has 0 aliphatic carbocycles. The first-order chi connectivity index (χ1) is 12.9. The van der Waals surface area contributed by atoms with E-state index in [9.17, 15) is 4.79 Å². The van der Waals surface area contributed by atoms with E-state index in [0.29, 0.717) is 24.5 Å². The molecule has 0 radical (unpaired) electrons. The Morgan fingerprint density at radius 1 is 1.26 bits per heavy atom. The van der Waals surface area contributed by atoms with Crippen molar-refractivity contribution >= 4 is 5.91 Å². The van der Waals surface area contributed by atoms with Gasteiger partial charge in [0, 0.05) is 43.5 Å². The number of aromatic nitrogens is 5. The van der Waals surface area contributed by atoms with E-state index in [2.05, 4.69) is 17.0 Å². The van der Waals surface area contributed by atoms with Gasteiger partial charge < -0.3 is 9.32 Å². The average molecular weight is 368 g/mol. The van der Waals surface area contributed by atoms with Crippen LogP contribution in [0.15, 0.2) is 10.6 Å². The molecule has 142 valence electrons. The molecule has 1 aliphatic rings. The molecule has 0 saturated heterocycles. The van der Waals surface area contributed by atoms with E-state index in [1.165, 1.54) is 0 Å². The molecule has 1 aliphatic heterocycles. The smallest absolute Gasteiger partial charge is 0.257 e. The van der Waals surface area contributed by atoms with Gasteiger partial charge in [-0.1, -0.05) is 0 Å². The Hall–Kier alpha value is -2.90. The molecule has 8 heteroatoms. The zero-order chi connectivity index (χ0) is 19.3. The Bertz CT molecular complexity index is 1030. The summed E-state index contributed by atoms with van der Waals surface area (Å²) < 4.78 is 9.46. The average Bonchev–Trinajstić information content (AvgIpc) is 3.30. The number of fused-ring (bicyclic) bond motifs is 1. The van der Waals surface area contributed by atoms with Crippen LogP contribution in [0, 0.1) is 20.8 Å². The molecule has 0 unspecified atom stereocenters. The summed E-state index contributed by atoms with van der Waals surface area (Å²) in [5.74, 6) is 1.27. The minimum atomic E-state index is 0.0162. The lowest BCUT2D eigenvalue weighted by Crippen LogP contribution is -2.37. The molecule has 0 spiro atoms. The van der Waals surface area contributed by atoms with Gasteiger partial charge in [0.25, 0.3) is 5.91 Å². The summed E-state index contributed by atoms with van der Waals surface area (Å²) in [6.07, 6.45) is 2.46. The highest BCUT2D eigenvalue weighted by molar-refractivity contribution is 5.96. The first-order valence-corrected chi connectivity index (χ1v) is 9.21. The molecular formula is C19H24N6O2. The maximum Gasteiger partial charge on any atom is 0.257 e. The van der Waals surface area contributed by atoms with Gasteiger partial charge in [0.2, 0.25) is 5.89 Å². The normalized spacial score (nSPS) is 13.9. The Balaban J connectivity index is 1.72. The summed E-state index contributed by atoms with van der Waals surface area (Å²) in [7, 11) is 1.86. The molecule has 3 aromatic rings. The summed E-state index contributed by atoms with van der Waals surface area (Å²) >= 11 is 0. The van der Waals surface area contributed by atoms with E-state index in [-0.39, 0.29) is 5.91 Å². The largest absolute Gasteiger partial charge is 0.440 e. The SMILES string of the molecule is CCn1nc(-c2ncc(C)o2)c2c1CCN(C(=O)c1c(C)nn(C)c1C)C2. The fourth-order valence-electron chi connectivity index (χ4n) is 3.80. The molecule has 4 rings (SSSR count). The lowest BCUT2D eigenvalue weighted by Gasteiger charge is -2.28. The van der Waals surface area contributed by atoms with Crippen molar-refractivity contribution in [3.05, 3.63) is 40.2 Å². The topological polar surface area (TPSA) is 82.0 Å². The fourth-order valence-corrected chi connectivity index (χ4v) is 3.80. The van der Waals surface area contributed by atoms with Gasteiger partial charge in [-0.2, -0.15) is 10.2 Å². The maximum atomic E-state index is 13.2. The van der Waals surface area contributed by atoms with E-state index in [1.807, 2.05) is 37.4 Å². The Labute approximate surface area is 157 Å². The number of hydrogen-bond donors (Lipinski definition) is 0. The van der Waals surface area contributed by atoms with Crippen molar-refractivity contribution in [1.29, 1.82) is 0 Å². The lowest BCUT2D eigenvalue weighted by atomic mass is 10.0. The number of carbonyl (C=O) groups is 1. The molecule has 0 bridgehead atoms. The van der Waals surface area contributed by atoms with Crippen LogP contribution in [0.4, 0.5) is 0 Å². The number of carbonyl (C=O) groups excluding carboxylic acids is 1. The molecule has 0 atom stereocenters. The minimum absolute atomic E-state index is 0.0162. The number of aryl methyl sites for hydroxylation is 4. The van der Waals surface area contributed by atoms with Crippen LogP contribution in [0.25, 0.3) is 11.6 Å². The van der Waals surface area contributed by atoms with E-state index in [4.69, 9.17) is 9.52 Å². The highest BCUT2D eigenvalue weighted by atomic mass is 16.4. The first-order valence-electron chi connectivity index (χ1n) is 9.21. The number of amides is 1. The molecule has 0 saturated carbocycles. The molecule has 4 heterocycles. The van der Waals surface area contributed by atoms with Gasteiger partial charge in [-0.15, -0.1) is 0 Å². The van der Waals surface area contributed by atoms with Crippen molar-refractivity contribution in [2.75, 3.05) is 6.54 Å². The molecule has 3 aromatic heterocycles. The van der Waals surface area contributed by atoms with E-state index in [1.54, 1.807) is 10.9 Å². The van der Waals surface area contributed by atoms with Gasteiger partial charge in [0.1, 0.15) is 5.76 Å². The van der Waals surface area contributed by atoms with Crippen LogP contribution in [0.2, 0.25) is 0 Å². The van der Waals surface area contributed by atoms with E-state index in [0.717, 1.165) is 47.1 Å². The van der Waals surface area contributed by atoms with Gasteiger partial charge in [0.15, 0.2) is 5.69 Å². The van der Waals surface area contributed by atoms with Crippen molar-refractivity contribution < 1.29 is 9.21 Å². The van der Waals surface area contributed by atoms with Crippen LogP contribution in [-0.4, -0.2) is 41.9 Å². The molecule has 1 amide bonds. The fraction of sp³-hybridized carbons (Fsp3) is 0.474. The number of oxazole rings is 1. The van der Waals surface area contributed by atoms with Crippen molar-refractivity contribution in [2.45, 2.75) is 47.2 Å². The highest BCUT2D eigenvalue weighted by Gasteiger charge is 2.31. The predicted molar refractivity (Wildman–Crippen MR) is 99.3 cm³/mol. The van der Waals surface area contributed by atoms with Crippen LogP contribution in [0.1, 0.15) is 45.7 Å². The predicted octanol–water partition coefficient (Wildman–Crippen LogP) is 2.42. The van der Waals surface area contributed by atoms with Crippen molar-refractivity contribution in [1.82, 2.24) is 29.4 Å². The summed E-state index contributed by atoms with van der Waals surface area (Å²) in [6, 6.07) is 0. The Morgan fingerprint density at radius 3 is 2.63 bits per heavy atom. The van der Waals surface area contributed by atoms with Gasteiger partial charge in [-0.3, -0.25) is 14.2 Å². The van der Waals surface area contributed by atoms with Crippen molar-refractivity contribution in [3.8, 4) is 11.6 Å². The van der Waals surface area contributed by atoms with Crippen LogP contribution in [-0.2, 0) is 26.6 Å².